The molecule has 0 fully saturated rings. The summed E-state index contributed by atoms with van der Waals surface area (Å²) in [5, 5.41) is 11.9. The zero-order chi connectivity index (χ0) is 18.4. The fraction of sp³-hybridized carbons (Fsp3) is 0.211. The molecule has 1 amide bonds. The Hall–Kier alpha value is -2.44. The number of rotatable bonds is 8. The van der Waals surface area contributed by atoms with Crippen molar-refractivity contribution < 1.29 is 9.59 Å². The molecule has 0 saturated carbocycles. The van der Waals surface area contributed by atoms with Gasteiger partial charge in [-0.05, 0) is 41.8 Å². The number of Topliss-reactive ketones (excluding diaryl/α,β-unsaturated/α-hetero) is 1. The van der Waals surface area contributed by atoms with Gasteiger partial charge in [0, 0.05) is 47.1 Å². The summed E-state index contributed by atoms with van der Waals surface area (Å²) in [6.45, 7) is 1.06. The molecule has 134 valence electrons. The first-order chi connectivity index (χ1) is 12.6. The van der Waals surface area contributed by atoms with E-state index in [2.05, 4.69) is 10.4 Å². The summed E-state index contributed by atoms with van der Waals surface area (Å²) < 4.78 is 1.80. The fourth-order valence-electron chi connectivity index (χ4n) is 2.46. The van der Waals surface area contributed by atoms with E-state index in [1.54, 1.807) is 40.3 Å². The number of benzene rings is 1. The van der Waals surface area contributed by atoms with Crippen molar-refractivity contribution in [3.63, 3.8) is 0 Å². The molecule has 2 aromatic heterocycles. The molecular weight excluding hydrogens is 370 g/mol. The fourth-order valence-corrected chi connectivity index (χ4v) is 3.23. The molecule has 2 heterocycles. The molecule has 5 nitrogen and oxygen atoms in total. The molecular formula is C19H18ClN3O2S. The number of aromatic nitrogens is 2. The van der Waals surface area contributed by atoms with Crippen LogP contribution in [0.2, 0.25) is 5.02 Å². The second-order valence-corrected chi connectivity index (χ2v) is 6.97. The van der Waals surface area contributed by atoms with Crippen LogP contribution in [0.25, 0.3) is 11.3 Å². The smallest absolute Gasteiger partial charge is 0.220 e. The first-order valence-electron chi connectivity index (χ1n) is 8.23. The summed E-state index contributed by atoms with van der Waals surface area (Å²) in [7, 11) is 0. The maximum Gasteiger partial charge on any atom is 0.220 e. The summed E-state index contributed by atoms with van der Waals surface area (Å²) in [6.07, 6.45) is 2.24. The van der Waals surface area contributed by atoms with Gasteiger partial charge in [0.25, 0.3) is 0 Å². The average molecular weight is 388 g/mol. The minimum absolute atomic E-state index is 0.0655. The Kier molecular flexibility index (Phi) is 6.20. The van der Waals surface area contributed by atoms with E-state index in [1.165, 1.54) is 0 Å². The van der Waals surface area contributed by atoms with Gasteiger partial charge in [0.05, 0.1) is 12.2 Å². The highest BCUT2D eigenvalue weighted by Gasteiger charge is 2.09. The Morgan fingerprint density at radius 2 is 1.92 bits per heavy atom. The second-order valence-electron chi connectivity index (χ2n) is 5.76. The number of thiophene rings is 1. The molecule has 26 heavy (non-hydrogen) atoms. The lowest BCUT2D eigenvalue weighted by Gasteiger charge is -2.05. The minimum Gasteiger partial charge on any atom is -0.354 e. The van der Waals surface area contributed by atoms with Crippen LogP contribution in [0.5, 0.6) is 0 Å². The average Bonchev–Trinajstić information content (AvgIpc) is 3.32. The van der Waals surface area contributed by atoms with Gasteiger partial charge in [-0.2, -0.15) is 16.4 Å². The number of nitrogens with one attached hydrogen (secondary N) is 1. The van der Waals surface area contributed by atoms with E-state index < -0.39 is 0 Å². The second kappa shape index (κ2) is 8.78. The van der Waals surface area contributed by atoms with Gasteiger partial charge in [0.15, 0.2) is 5.78 Å². The summed E-state index contributed by atoms with van der Waals surface area (Å²) in [5.74, 6) is -0.207. The first kappa shape index (κ1) is 18.4. The summed E-state index contributed by atoms with van der Waals surface area (Å²) in [6, 6.07) is 10.7. The molecule has 0 unspecified atom stereocenters. The van der Waals surface area contributed by atoms with Crippen molar-refractivity contribution in [1.29, 1.82) is 0 Å². The van der Waals surface area contributed by atoms with Crippen molar-refractivity contribution in [3.05, 3.63) is 63.9 Å². The van der Waals surface area contributed by atoms with Gasteiger partial charge in [0.1, 0.15) is 0 Å². The maximum absolute atomic E-state index is 12.0. The van der Waals surface area contributed by atoms with Crippen LogP contribution in [-0.4, -0.2) is 28.0 Å². The Bertz CT molecular complexity index is 873. The van der Waals surface area contributed by atoms with E-state index >= 15 is 0 Å². The normalized spacial score (nSPS) is 10.7. The van der Waals surface area contributed by atoms with E-state index in [-0.39, 0.29) is 24.5 Å². The molecule has 1 aromatic carbocycles. The molecule has 0 atom stereocenters. The van der Waals surface area contributed by atoms with Crippen molar-refractivity contribution >= 4 is 34.6 Å². The highest BCUT2D eigenvalue weighted by Crippen LogP contribution is 2.19. The van der Waals surface area contributed by atoms with Crippen LogP contribution in [0.1, 0.15) is 23.2 Å². The summed E-state index contributed by atoms with van der Waals surface area (Å²) in [5.41, 5.74) is 2.59. The lowest BCUT2D eigenvalue weighted by atomic mass is 10.1. The Morgan fingerprint density at radius 3 is 2.65 bits per heavy atom. The van der Waals surface area contributed by atoms with Gasteiger partial charge in [-0.25, -0.2) is 0 Å². The first-order valence-corrected chi connectivity index (χ1v) is 9.55. The lowest BCUT2D eigenvalue weighted by Crippen LogP contribution is -2.27. The zero-order valence-corrected chi connectivity index (χ0v) is 15.6. The molecule has 3 rings (SSSR count). The van der Waals surface area contributed by atoms with Crippen LogP contribution in [0.15, 0.2) is 53.4 Å². The molecule has 0 bridgehead atoms. The molecule has 0 aliphatic heterocycles. The van der Waals surface area contributed by atoms with Crippen LogP contribution in [0.3, 0.4) is 0 Å². The molecule has 0 spiro atoms. The molecule has 7 heteroatoms. The lowest BCUT2D eigenvalue weighted by molar-refractivity contribution is -0.121. The van der Waals surface area contributed by atoms with Crippen LogP contribution >= 0.6 is 22.9 Å². The summed E-state index contributed by atoms with van der Waals surface area (Å²) >= 11 is 7.43. The predicted octanol–water partition coefficient (Wildman–Crippen LogP) is 4.04. The van der Waals surface area contributed by atoms with Crippen molar-refractivity contribution in [2.75, 3.05) is 6.54 Å². The van der Waals surface area contributed by atoms with Gasteiger partial charge < -0.3 is 5.32 Å². The van der Waals surface area contributed by atoms with Gasteiger partial charge in [0.2, 0.25) is 5.91 Å². The number of halogens is 1. The van der Waals surface area contributed by atoms with E-state index in [0.29, 0.717) is 23.7 Å². The molecule has 3 aromatic rings. The van der Waals surface area contributed by atoms with Crippen LogP contribution in [0, 0.1) is 0 Å². The number of hydrogen-bond acceptors (Lipinski definition) is 4. The number of amides is 1. The quantitative estimate of drug-likeness (QED) is 0.593. The third kappa shape index (κ3) is 5.03. The maximum atomic E-state index is 12.0. The molecule has 0 aliphatic rings. The van der Waals surface area contributed by atoms with Gasteiger partial charge in [-0.3, -0.25) is 14.3 Å². The zero-order valence-electron chi connectivity index (χ0n) is 14.0. The Labute approximate surface area is 160 Å². The number of hydrogen-bond donors (Lipinski definition) is 1. The number of carbonyl (C=O) groups is 2. The minimum atomic E-state index is -0.141. The van der Waals surface area contributed by atoms with E-state index in [4.69, 9.17) is 11.6 Å². The van der Waals surface area contributed by atoms with Gasteiger partial charge >= 0.3 is 0 Å². The van der Waals surface area contributed by atoms with Crippen molar-refractivity contribution in [3.8, 4) is 11.3 Å². The van der Waals surface area contributed by atoms with Crippen LogP contribution < -0.4 is 5.32 Å². The Balaban J connectivity index is 1.39. The third-order valence-electron chi connectivity index (χ3n) is 3.87. The van der Waals surface area contributed by atoms with Crippen LogP contribution in [-0.2, 0) is 11.3 Å². The van der Waals surface area contributed by atoms with Crippen molar-refractivity contribution in [2.24, 2.45) is 0 Å². The SMILES string of the molecule is O=C(CCC(=O)c1ccc(Cl)cc1)NCCn1ccc(-c2ccsc2)n1. The van der Waals surface area contributed by atoms with Gasteiger partial charge in [-0.1, -0.05) is 11.6 Å². The van der Waals surface area contributed by atoms with E-state index in [1.807, 2.05) is 29.1 Å². The number of carbonyl (C=O) groups excluding carboxylic acids is 2. The van der Waals surface area contributed by atoms with E-state index in [9.17, 15) is 9.59 Å². The van der Waals surface area contributed by atoms with Crippen molar-refractivity contribution in [1.82, 2.24) is 15.1 Å². The third-order valence-corrected chi connectivity index (χ3v) is 4.80. The van der Waals surface area contributed by atoms with Crippen molar-refractivity contribution in [2.45, 2.75) is 19.4 Å². The molecule has 0 radical (unpaired) electrons. The highest BCUT2D eigenvalue weighted by molar-refractivity contribution is 7.08. The van der Waals surface area contributed by atoms with Gasteiger partial charge in [-0.15, -0.1) is 0 Å². The van der Waals surface area contributed by atoms with E-state index in [0.717, 1.165) is 11.3 Å². The molecule has 1 N–H and O–H groups in total. The highest BCUT2D eigenvalue weighted by atomic mass is 35.5. The molecule has 0 saturated heterocycles. The number of nitrogens with zero attached hydrogens (tertiary/aromatic N) is 2. The standard InChI is InChI=1S/C19H18ClN3O2S/c20-16-3-1-14(2-4-16)18(24)5-6-19(25)21-9-11-23-10-7-17(22-23)15-8-12-26-13-15/h1-4,7-8,10,12-13H,5-6,9,11H2,(H,21,25). The Morgan fingerprint density at radius 1 is 1.12 bits per heavy atom. The largest absolute Gasteiger partial charge is 0.354 e. The monoisotopic (exact) mass is 387 g/mol. The topological polar surface area (TPSA) is 64.0 Å². The van der Waals surface area contributed by atoms with Crippen LogP contribution in [0.4, 0.5) is 0 Å². The molecule has 0 aliphatic carbocycles. The predicted molar refractivity (Wildman–Crippen MR) is 104 cm³/mol. The summed E-state index contributed by atoms with van der Waals surface area (Å²) in [4.78, 5) is 23.9. The number of ketones is 1.